The number of nitrogens with one attached hydrogen (secondary N) is 1. The number of likely N-dealkylation sites (N-methyl/N-ethyl adjacent to an activating group) is 2. The minimum atomic E-state index is -0.648. The first kappa shape index (κ1) is 38.2. The molecule has 0 saturated carbocycles. The Kier molecular flexibility index (Phi) is 11.1. The summed E-state index contributed by atoms with van der Waals surface area (Å²) in [5.41, 5.74) is 6.81. The summed E-state index contributed by atoms with van der Waals surface area (Å²) in [7, 11) is 5.89. The SMILES string of the molecule is COc1c(CO)cc2c3c1Oc1ccc4c(c1)C(Cc1ccc(cc1)Oc1cc(ccc1OC(=O)CCNC(=O)OC(C)(C)C)CC3N(C)CC2)N(C)CC4. The van der Waals surface area contributed by atoms with Crippen molar-refractivity contribution in [2.24, 2.45) is 0 Å². The van der Waals surface area contributed by atoms with Crippen molar-refractivity contribution >= 4 is 12.1 Å². The molecular formula is C44H51N3O8. The fraction of sp³-hybridized carbons (Fsp3) is 0.409. The van der Waals surface area contributed by atoms with E-state index >= 15 is 0 Å². The van der Waals surface area contributed by atoms with E-state index in [2.05, 4.69) is 53.5 Å². The lowest BCUT2D eigenvalue weighted by molar-refractivity contribution is -0.134. The third-order valence-electron chi connectivity index (χ3n) is 10.6. The van der Waals surface area contributed by atoms with E-state index in [-0.39, 0.29) is 37.4 Å². The van der Waals surface area contributed by atoms with Crippen molar-refractivity contribution < 1.29 is 38.4 Å². The number of carbonyl (C=O) groups is 2. The Morgan fingerprint density at radius 2 is 1.55 bits per heavy atom. The molecule has 4 aliphatic rings. The summed E-state index contributed by atoms with van der Waals surface area (Å²) in [5.74, 6) is 2.62. The van der Waals surface area contributed by atoms with E-state index in [4.69, 9.17) is 23.7 Å². The van der Waals surface area contributed by atoms with Crippen LogP contribution in [0.15, 0.2) is 66.7 Å². The van der Waals surface area contributed by atoms with Crippen molar-refractivity contribution in [3.8, 4) is 34.5 Å². The molecule has 4 aromatic carbocycles. The van der Waals surface area contributed by atoms with E-state index in [1.54, 1.807) is 33.9 Å². The van der Waals surface area contributed by atoms with Gasteiger partial charge in [-0.05, 0) is 131 Å². The summed E-state index contributed by atoms with van der Waals surface area (Å²) < 4.78 is 30.6. The van der Waals surface area contributed by atoms with Crippen molar-refractivity contribution in [2.45, 2.75) is 77.2 Å². The molecule has 4 aromatic rings. The highest BCUT2D eigenvalue weighted by atomic mass is 16.6. The van der Waals surface area contributed by atoms with Crippen LogP contribution in [-0.4, -0.2) is 73.4 Å². The number of ether oxygens (including phenoxy) is 5. The molecule has 11 nitrogen and oxygen atoms in total. The highest BCUT2D eigenvalue weighted by molar-refractivity contribution is 5.75. The number of amides is 1. The van der Waals surface area contributed by atoms with Gasteiger partial charge in [0.05, 0.1) is 20.1 Å². The molecule has 55 heavy (non-hydrogen) atoms. The van der Waals surface area contributed by atoms with E-state index in [1.165, 1.54) is 11.1 Å². The molecule has 0 fully saturated rings. The Morgan fingerprint density at radius 1 is 0.855 bits per heavy atom. The number of fused-ring (bicyclic) bond motifs is 2. The summed E-state index contributed by atoms with van der Waals surface area (Å²) in [6, 6.07) is 22.1. The van der Waals surface area contributed by atoms with Gasteiger partial charge >= 0.3 is 12.1 Å². The van der Waals surface area contributed by atoms with E-state index in [0.29, 0.717) is 35.0 Å². The van der Waals surface area contributed by atoms with Gasteiger partial charge in [0.25, 0.3) is 0 Å². The monoisotopic (exact) mass is 749 g/mol. The molecule has 2 atom stereocenters. The lowest BCUT2D eigenvalue weighted by atomic mass is 9.86. The lowest BCUT2D eigenvalue weighted by Gasteiger charge is -2.37. The fourth-order valence-electron chi connectivity index (χ4n) is 7.83. The number of methoxy groups -OCH3 is 1. The first-order chi connectivity index (χ1) is 26.4. The Bertz CT molecular complexity index is 2060. The molecule has 290 valence electrons. The predicted octanol–water partition coefficient (Wildman–Crippen LogP) is 7.45. The Hall–Kier alpha value is -5.10. The highest BCUT2D eigenvalue weighted by Crippen LogP contribution is 2.48. The number of hydrogen-bond donors (Lipinski definition) is 2. The smallest absolute Gasteiger partial charge is 0.407 e. The van der Waals surface area contributed by atoms with Crippen molar-refractivity contribution in [1.82, 2.24) is 15.1 Å². The maximum atomic E-state index is 13.1. The summed E-state index contributed by atoms with van der Waals surface area (Å²) in [4.78, 5) is 29.9. The summed E-state index contributed by atoms with van der Waals surface area (Å²) in [6.45, 7) is 6.97. The molecule has 0 saturated heterocycles. The van der Waals surface area contributed by atoms with Gasteiger partial charge in [-0.1, -0.05) is 24.3 Å². The molecule has 8 rings (SSSR count). The average molecular weight is 750 g/mol. The van der Waals surface area contributed by atoms with Gasteiger partial charge in [0.15, 0.2) is 23.0 Å². The zero-order chi connectivity index (χ0) is 38.9. The van der Waals surface area contributed by atoms with Crippen LogP contribution in [0.2, 0.25) is 0 Å². The van der Waals surface area contributed by atoms with Crippen LogP contribution in [0.3, 0.4) is 0 Å². The molecule has 0 aliphatic carbocycles. The van der Waals surface area contributed by atoms with Gasteiger partial charge < -0.3 is 34.1 Å². The van der Waals surface area contributed by atoms with Crippen LogP contribution < -0.4 is 24.3 Å². The van der Waals surface area contributed by atoms with Crippen LogP contribution in [0, 0.1) is 0 Å². The van der Waals surface area contributed by atoms with Crippen molar-refractivity contribution in [3.05, 3.63) is 106 Å². The number of alkyl carbamates (subject to hydrolysis) is 1. The first-order valence-electron chi connectivity index (χ1n) is 19.0. The second-order valence-electron chi connectivity index (χ2n) is 15.7. The molecule has 0 aromatic heterocycles. The van der Waals surface area contributed by atoms with Gasteiger partial charge in [0.2, 0.25) is 0 Å². The second-order valence-corrected chi connectivity index (χ2v) is 15.7. The van der Waals surface area contributed by atoms with E-state index in [0.717, 1.165) is 60.4 Å². The van der Waals surface area contributed by atoms with Crippen LogP contribution in [-0.2, 0) is 41.8 Å². The second kappa shape index (κ2) is 15.9. The molecule has 6 bridgehead atoms. The molecule has 0 radical (unpaired) electrons. The zero-order valence-corrected chi connectivity index (χ0v) is 32.6. The van der Waals surface area contributed by atoms with Gasteiger partial charge in [-0.2, -0.15) is 0 Å². The normalized spacial score (nSPS) is 18.2. The standard InChI is InChI=1S/C44H51N3O8/c1-44(2,3)55-43(50)45-18-15-39(49)54-37-14-9-28-22-36-40-30(17-20-47(36)5)24-31(26-48)41(51-6)42(40)53-33-13-10-29-16-19-46(4)35(34(29)25-33)21-27-7-11-32(12-8-27)52-38(37)23-28/h7-14,23-25,35-36,48H,15-22,26H2,1-6H3,(H,45,50). The van der Waals surface area contributed by atoms with E-state index < -0.39 is 17.7 Å². The lowest BCUT2D eigenvalue weighted by Crippen LogP contribution is -2.34. The molecule has 2 N–H and O–H groups in total. The van der Waals surface area contributed by atoms with Gasteiger partial charge in [0, 0.05) is 42.8 Å². The Labute approximate surface area is 323 Å². The molecule has 0 spiro atoms. The van der Waals surface area contributed by atoms with Gasteiger partial charge in [0.1, 0.15) is 17.1 Å². The number of carbonyl (C=O) groups excluding carboxylic acids is 2. The summed E-state index contributed by atoms with van der Waals surface area (Å²) in [6.07, 6.45) is 2.45. The summed E-state index contributed by atoms with van der Waals surface area (Å²) >= 11 is 0. The van der Waals surface area contributed by atoms with Crippen molar-refractivity contribution in [1.29, 1.82) is 0 Å². The van der Waals surface area contributed by atoms with Gasteiger partial charge in [-0.25, -0.2) is 4.79 Å². The van der Waals surface area contributed by atoms with Crippen LogP contribution in [0.4, 0.5) is 4.79 Å². The molecule has 2 unspecified atom stereocenters. The molecule has 11 heteroatoms. The number of rotatable bonds is 6. The van der Waals surface area contributed by atoms with Crippen LogP contribution in [0.5, 0.6) is 34.5 Å². The largest absolute Gasteiger partial charge is 0.492 e. The quantitative estimate of drug-likeness (QED) is 0.152. The number of nitrogens with zero attached hydrogens (tertiary/aromatic N) is 2. The average Bonchev–Trinajstić information content (AvgIpc) is 3.14. The maximum absolute atomic E-state index is 13.1. The van der Waals surface area contributed by atoms with E-state index in [9.17, 15) is 14.7 Å². The Balaban J connectivity index is 1.28. The highest BCUT2D eigenvalue weighted by Gasteiger charge is 2.34. The molecule has 1 amide bonds. The molecule has 4 aliphatic heterocycles. The number of esters is 1. The van der Waals surface area contributed by atoms with E-state index in [1.807, 2.05) is 36.4 Å². The van der Waals surface area contributed by atoms with Gasteiger partial charge in [-0.15, -0.1) is 0 Å². The minimum absolute atomic E-state index is 0.0569. The first-order valence-corrected chi connectivity index (χ1v) is 19.0. The maximum Gasteiger partial charge on any atom is 0.407 e. The summed E-state index contributed by atoms with van der Waals surface area (Å²) in [5, 5.41) is 13.1. The third-order valence-corrected chi connectivity index (χ3v) is 10.6. The van der Waals surface area contributed by atoms with Crippen molar-refractivity contribution in [3.63, 3.8) is 0 Å². The molecule has 4 heterocycles. The predicted molar refractivity (Wildman–Crippen MR) is 208 cm³/mol. The zero-order valence-electron chi connectivity index (χ0n) is 32.6. The fourth-order valence-corrected chi connectivity index (χ4v) is 7.83. The van der Waals surface area contributed by atoms with Crippen LogP contribution >= 0.6 is 0 Å². The number of aliphatic hydroxyl groups is 1. The minimum Gasteiger partial charge on any atom is -0.492 e. The van der Waals surface area contributed by atoms with Gasteiger partial charge in [-0.3, -0.25) is 14.6 Å². The van der Waals surface area contributed by atoms with Crippen LogP contribution in [0.25, 0.3) is 0 Å². The molecular weight excluding hydrogens is 698 g/mol. The number of benzene rings is 4. The number of hydrogen-bond acceptors (Lipinski definition) is 10. The topological polar surface area (TPSA) is 119 Å². The Morgan fingerprint density at radius 3 is 2.27 bits per heavy atom. The van der Waals surface area contributed by atoms with Crippen molar-refractivity contribution in [2.75, 3.05) is 40.8 Å². The number of aliphatic hydroxyl groups excluding tert-OH is 1. The third kappa shape index (κ3) is 8.59. The van der Waals surface area contributed by atoms with Crippen LogP contribution in [0.1, 0.15) is 78.2 Å².